The molecule has 2 heteroatoms. The fourth-order valence-corrected chi connectivity index (χ4v) is 3.04. The first kappa shape index (κ1) is 9.40. The third-order valence-electron chi connectivity index (χ3n) is 2.68. The Kier molecular flexibility index (Phi) is 3.26. The molecule has 1 saturated heterocycles. The molecule has 0 saturated carbocycles. The molecular weight excluding hydrogens is 154 g/mol. The highest BCUT2D eigenvalue weighted by atomic mass is 32.2. The van der Waals surface area contributed by atoms with E-state index in [1.54, 1.807) is 0 Å². The lowest BCUT2D eigenvalue weighted by Crippen LogP contribution is -2.42. The normalized spacial score (nSPS) is 34.1. The number of rotatable bonds is 3. The van der Waals surface area contributed by atoms with Crippen LogP contribution in [0.1, 0.15) is 33.6 Å². The Morgan fingerprint density at radius 1 is 1.64 bits per heavy atom. The van der Waals surface area contributed by atoms with Gasteiger partial charge < -0.3 is 5.32 Å². The van der Waals surface area contributed by atoms with Crippen molar-refractivity contribution < 1.29 is 0 Å². The van der Waals surface area contributed by atoms with Gasteiger partial charge in [-0.1, -0.05) is 6.92 Å². The van der Waals surface area contributed by atoms with Gasteiger partial charge in [0.1, 0.15) is 0 Å². The van der Waals surface area contributed by atoms with Crippen LogP contribution >= 0.6 is 11.8 Å². The molecule has 1 rings (SSSR count). The minimum absolute atomic E-state index is 0.510. The molecule has 0 aromatic rings. The average molecular weight is 173 g/mol. The van der Waals surface area contributed by atoms with Crippen LogP contribution in [0.2, 0.25) is 0 Å². The topological polar surface area (TPSA) is 12.0 Å². The number of hydrogen-bond donors (Lipinski definition) is 1. The van der Waals surface area contributed by atoms with E-state index in [0.717, 1.165) is 6.54 Å². The first-order valence-electron chi connectivity index (χ1n) is 4.56. The molecule has 66 valence electrons. The molecule has 1 fully saturated rings. The minimum Gasteiger partial charge on any atom is -0.313 e. The zero-order valence-corrected chi connectivity index (χ0v) is 8.63. The highest BCUT2D eigenvalue weighted by molar-refractivity contribution is 8.00. The summed E-state index contributed by atoms with van der Waals surface area (Å²) in [6.45, 7) is 7.97. The van der Waals surface area contributed by atoms with Crippen LogP contribution in [0.4, 0.5) is 0 Å². The van der Waals surface area contributed by atoms with E-state index in [-0.39, 0.29) is 0 Å². The molecule has 1 nitrogen and oxygen atoms in total. The van der Waals surface area contributed by atoms with Crippen LogP contribution in [0.15, 0.2) is 0 Å². The molecule has 0 aromatic carbocycles. The molecule has 0 aromatic heterocycles. The van der Waals surface area contributed by atoms with Crippen LogP contribution in [-0.4, -0.2) is 23.1 Å². The third-order valence-corrected chi connectivity index (χ3v) is 4.39. The minimum atomic E-state index is 0.510. The van der Waals surface area contributed by atoms with Crippen molar-refractivity contribution >= 4 is 11.8 Å². The van der Waals surface area contributed by atoms with Crippen molar-refractivity contribution in [2.45, 2.75) is 44.4 Å². The van der Waals surface area contributed by atoms with Gasteiger partial charge in [-0.25, -0.2) is 0 Å². The van der Waals surface area contributed by atoms with Crippen LogP contribution in [-0.2, 0) is 0 Å². The van der Waals surface area contributed by atoms with Crippen molar-refractivity contribution in [3.05, 3.63) is 0 Å². The Hall–Kier alpha value is 0.310. The highest BCUT2D eigenvalue weighted by Gasteiger charge is 2.34. The van der Waals surface area contributed by atoms with Gasteiger partial charge in [0.15, 0.2) is 0 Å². The van der Waals surface area contributed by atoms with Crippen LogP contribution in [0.25, 0.3) is 0 Å². The van der Waals surface area contributed by atoms with Gasteiger partial charge in [0.2, 0.25) is 0 Å². The maximum atomic E-state index is 3.51. The zero-order chi connectivity index (χ0) is 8.32. The van der Waals surface area contributed by atoms with Crippen molar-refractivity contribution in [3.63, 3.8) is 0 Å². The molecule has 0 bridgehead atoms. The fraction of sp³-hybridized carbons (Fsp3) is 1.00. The summed E-state index contributed by atoms with van der Waals surface area (Å²) < 4.78 is 0.510. The van der Waals surface area contributed by atoms with E-state index in [1.165, 1.54) is 18.6 Å². The van der Waals surface area contributed by atoms with Gasteiger partial charge in [0.25, 0.3) is 0 Å². The number of nitrogens with one attached hydrogen (secondary N) is 1. The second kappa shape index (κ2) is 3.81. The zero-order valence-electron chi connectivity index (χ0n) is 7.81. The highest BCUT2D eigenvalue weighted by Crippen LogP contribution is 2.40. The van der Waals surface area contributed by atoms with E-state index < -0.39 is 0 Å². The molecule has 0 amide bonds. The predicted octanol–water partition coefficient (Wildman–Crippen LogP) is 2.27. The maximum absolute atomic E-state index is 3.51. The molecule has 0 aliphatic carbocycles. The van der Waals surface area contributed by atoms with E-state index in [4.69, 9.17) is 0 Å². The van der Waals surface area contributed by atoms with Crippen LogP contribution < -0.4 is 5.32 Å². The summed E-state index contributed by atoms with van der Waals surface area (Å²) in [5, 5.41) is 3.51. The van der Waals surface area contributed by atoms with Crippen LogP contribution in [0.3, 0.4) is 0 Å². The van der Waals surface area contributed by atoms with Gasteiger partial charge in [-0.15, -0.1) is 0 Å². The van der Waals surface area contributed by atoms with Gasteiger partial charge >= 0.3 is 0 Å². The Morgan fingerprint density at radius 2 is 2.36 bits per heavy atom. The average Bonchev–Trinajstić information content (AvgIpc) is 2.38. The number of thioether (sulfide) groups is 1. The molecule has 0 spiro atoms. The standard InChI is InChI=1S/C9H19NS/c1-4-10-8(2)9(3)6-5-7-11-9/h8,10H,4-7H2,1-3H3. The predicted molar refractivity (Wildman–Crippen MR) is 53.2 cm³/mol. The first-order chi connectivity index (χ1) is 5.19. The number of hydrogen-bond acceptors (Lipinski definition) is 2. The summed E-state index contributed by atoms with van der Waals surface area (Å²) in [6, 6.07) is 0.667. The maximum Gasteiger partial charge on any atom is 0.0282 e. The molecule has 2 unspecified atom stereocenters. The molecule has 1 N–H and O–H groups in total. The third kappa shape index (κ3) is 2.12. The summed E-state index contributed by atoms with van der Waals surface area (Å²) in [4.78, 5) is 0. The molecule has 0 radical (unpaired) electrons. The SMILES string of the molecule is CCNC(C)C1(C)CCCS1. The fourth-order valence-electron chi connectivity index (χ4n) is 1.66. The van der Waals surface area contributed by atoms with Gasteiger partial charge in [-0.3, -0.25) is 0 Å². The van der Waals surface area contributed by atoms with Gasteiger partial charge in [0.05, 0.1) is 0 Å². The van der Waals surface area contributed by atoms with Crippen molar-refractivity contribution in [3.8, 4) is 0 Å². The summed E-state index contributed by atoms with van der Waals surface area (Å²) in [5.74, 6) is 1.35. The molecule has 1 heterocycles. The van der Waals surface area contributed by atoms with Gasteiger partial charge in [0, 0.05) is 10.8 Å². The van der Waals surface area contributed by atoms with Crippen molar-refractivity contribution in [1.82, 2.24) is 5.32 Å². The van der Waals surface area contributed by atoms with Crippen molar-refractivity contribution in [2.24, 2.45) is 0 Å². The second-order valence-electron chi connectivity index (χ2n) is 3.54. The van der Waals surface area contributed by atoms with Crippen LogP contribution in [0, 0.1) is 0 Å². The first-order valence-corrected chi connectivity index (χ1v) is 5.55. The van der Waals surface area contributed by atoms with E-state index in [0.29, 0.717) is 10.8 Å². The lowest BCUT2D eigenvalue weighted by molar-refractivity contribution is 0.436. The molecule has 2 atom stereocenters. The summed E-state index contributed by atoms with van der Waals surface area (Å²) >= 11 is 2.13. The van der Waals surface area contributed by atoms with Crippen molar-refractivity contribution in [1.29, 1.82) is 0 Å². The van der Waals surface area contributed by atoms with Crippen LogP contribution in [0.5, 0.6) is 0 Å². The molecule has 1 aliphatic rings. The van der Waals surface area contributed by atoms with E-state index in [9.17, 15) is 0 Å². The van der Waals surface area contributed by atoms with Crippen molar-refractivity contribution in [2.75, 3.05) is 12.3 Å². The molecule has 11 heavy (non-hydrogen) atoms. The lowest BCUT2D eigenvalue weighted by atomic mass is 9.97. The van der Waals surface area contributed by atoms with Gasteiger partial charge in [-0.05, 0) is 39.0 Å². The van der Waals surface area contributed by atoms with E-state index >= 15 is 0 Å². The van der Waals surface area contributed by atoms with E-state index in [1.807, 2.05) is 0 Å². The quantitative estimate of drug-likeness (QED) is 0.702. The monoisotopic (exact) mass is 173 g/mol. The summed E-state index contributed by atoms with van der Waals surface area (Å²) in [6.07, 6.45) is 2.78. The Balaban J connectivity index is 2.42. The smallest absolute Gasteiger partial charge is 0.0282 e. The molecule has 1 aliphatic heterocycles. The van der Waals surface area contributed by atoms with E-state index in [2.05, 4.69) is 37.8 Å². The summed E-state index contributed by atoms with van der Waals surface area (Å²) in [5.41, 5.74) is 0. The second-order valence-corrected chi connectivity index (χ2v) is 5.17. The largest absolute Gasteiger partial charge is 0.313 e. The Labute approximate surface area is 74.3 Å². The summed E-state index contributed by atoms with van der Waals surface area (Å²) in [7, 11) is 0. The van der Waals surface area contributed by atoms with Gasteiger partial charge in [-0.2, -0.15) is 11.8 Å². The molecular formula is C9H19NS. The lowest BCUT2D eigenvalue weighted by Gasteiger charge is -2.30. The Morgan fingerprint density at radius 3 is 2.82 bits per heavy atom. The Bertz CT molecular complexity index is 119.